The molecule has 1 unspecified atom stereocenters. The summed E-state index contributed by atoms with van der Waals surface area (Å²) in [4.78, 5) is 0. The highest BCUT2D eigenvalue weighted by atomic mass is 16.6. The number of benzene rings is 1. The fourth-order valence-electron chi connectivity index (χ4n) is 2.42. The second-order valence-corrected chi connectivity index (χ2v) is 4.06. The lowest BCUT2D eigenvalue weighted by molar-refractivity contribution is 0.159. The first-order chi connectivity index (χ1) is 8.80. The van der Waals surface area contributed by atoms with E-state index in [0.717, 1.165) is 28.4 Å². The van der Waals surface area contributed by atoms with Crippen LogP contribution in [-0.4, -0.2) is 27.4 Å². The minimum absolute atomic E-state index is 0.233. The number of ether oxygens (including phenoxy) is 4. The van der Waals surface area contributed by atoms with Crippen LogP contribution in [0, 0.1) is 0 Å². The summed E-state index contributed by atoms with van der Waals surface area (Å²) in [5.41, 5.74) is 1.97. The van der Waals surface area contributed by atoms with E-state index in [2.05, 4.69) is 0 Å². The first kappa shape index (κ1) is 11.0. The highest BCUT2D eigenvalue weighted by Crippen LogP contribution is 2.47. The van der Waals surface area contributed by atoms with Crippen molar-refractivity contribution in [1.82, 2.24) is 0 Å². The summed E-state index contributed by atoms with van der Waals surface area (Å²) in [7, 11) is 4.89. The summed E-state index contributed by atoms with van der Waals surface area (Å²) in [6.45, 7) is 0. The lowest BCUT2D eigenvalue weighted by atomic mass is 10.0. The Morgan fingerprint density at radius 1 is 1.06 bits per heavy atom. The summed E-state index contributed by atoms with van der Waals surface area (Å²) < 4.78 is 22.0. The minimum Gasteiger partial charge on any atom is -0.493 e. The van der Waals surface area contributed by atoms with Crippen molar-refractivity contribution in [3.8, 4) is 11.5 Å². The van der Waals surface area contributed by atoms with Gasteiger partial charge in [0.1, 0.15) is 0 Å². The average Bonchev–Trinajstić information content (AvgIpc) is 2.70. The van der Waals surface area contributed by atoms with Gasteiger partial charge in [-0.2, -0.15) is 0 Å². The van der Waals surface area contributed by atoms with Gasteiger partial charge in [0.2, 0.25) is 0 Å². The molecule has 0 saturated carbocycles. The van der Waals surface area contributed by atoms with Crippen LogP contribution in [0.2, 0.25) is 0 Å². The topological polar surface area (TPSA) is 36.9 Å². The highest BCUT2D eigenvalue weighted by Gasteiger charge is 2.37. The molecule has 1 aromatic rings. The summed E-state index contributed by atoms with van der Waals surface area (Å²) in [5.74, 6) is 2.89. The van der Waals surface area contributed by atoms with E-state index >= 15 is 0 Å². The maximum absolute atomic E-state index is 5.92. The van der Waals surface area contributed by atoms with Gasteiger partial charge in [-0.3, -0.25) is 0 Å². The maximum Gasteiger partial charge on any atom is 0.183 e. The first-order valence-corrected chi connectivity index (χ1v) is 5.68. The Morgan fingerprint density at radius 3 is 2.56 bits per heavy atom. The predicted molar refractivity (Wildman–Crippen MR) is 66.4 cm³/mol. The molecule has 0 N–H and O–H groups in total. The van der Waals surface area contributed by atoms with Gasteiger partial charge in [-0.25, -0.2) is 0 Å². The van der Waals surface area contributed by atoms with Crippen LogP contribution >= 0.6 is 0 Å². The quantitative estimate of drug-likeness (QED) is 0.820. The molecule has 1 aliphatic heterocycles. The zero-order valence-corrected chi connectivity index (χ0v) is 10.5. The van der Waals surface area contributed by atoms with Crippen LogP contribution in [0.3, 0.4) is 0 Å². The van der Waals surface area contributed by atoms with Crippen molar-refractivity contribution >= 4 is 5.57 Å². The van der Waals surface area contributed by atoms with Crippen LogP contribution in [0.1, 0.15) is 5.56 Å². The molecular formula is C14H14O4. The van der Waals surface area contributed by atoms with Crippen LogP contribution in [0.25, 0.3) is 5.57 Å². The molecule has 94 valence electrons. The van der Waals surface area contributed by atoms with E-state index in [1.54, 1.807) is 21.3 Å². The van der Waals surface area contributed by atoms with Crippen LogP contribution < -0.4 is 9.47 Å². The van der Waals surface area contributed by atoms with E-state index < -0.39 is 0 Å². The van der Waals surface area contributed by atoms with Gasteiger partial charge in [0, 0.05) is 11.1 Å². The van der Waals surface area contributed by atoms with Gasteiger partial charge in [0.25, 0.3) is 0 Å². The second kappa shape index (κ2) is 3.98. The van der Waals surface area contributed by atoms with Crippen LogP contribution in [0.15, 0.2) is 35.8 Å². The van der Waals surface area contributed by atoms with E-state index in [1.807, 2.05) is 24.3 Å². The molecule has 2 bridgehead atoms. The molecule has 0 fully saturated rings. The predicted octanol–water partition coefficient (Wildman–Crippen LogP) is 2.36. The molecule has 1 heterocycles. The highest BCUT2D eigenvalue weighted by molar-refractivity contribution is 5.87. The molecule has 0 radical (unpaired) electrons. The summed E-state index contributed by atoms with van der Waals surface area (Å²) >= 11 is 0. The van der Waals surface area contributed by atoms with E-state index in [4.69, 9.17) is 18.9 Å². The van der Waals surface area contributed by atoms with E-state index in [9.17, 15) is 0 Å². The van der Waals surface area contributed by atoms with Gasteiger partial charge in [-0.05, 0) is 12.1 Å². The van der Waals surface area contributed by atoms with Gasteiger partial charge >= 0.3 is 0 Å². The zero-order valence-electron chi connectivity index (χ0n) is 10.5. The average molecular weight is 246 g/mol. The Hall–Kier alpha value is -2.10. The molecule has 18 heavy (non-hydrogen) atoms. The molecule has 0 spiro atoms. The van der Waals surface area contributed by atoms with Crippen LogP contribution in [-0.2, 0) is 9.47 Å². The van der Waals surface area contributed by atoms with Gasteiger partial charge in [-0.1, -0.05) is 12.1 Å². The number of para-hydroxylation sites is 1. The van der Waals surface area contributed by atoms with Gasteiger partial charge in [0.05, 0.1) is 21.3 Å². The molecule has 4 heteroatoms. The van der Waals surface area contributed by atoms with Crippen molar-refractivity contribution in [1.29, 1.82) is 0 Å². The SMILES string of the molecule is COC1=C(OC)C2C=C1c1cccc(OC)c1O2. The molecule has 1 aromatic carbocycles. The molecule has 1 aliphatic carbocycles. The first-order valence-electron chi connectivity index (χ1n) is 5.68. The van der Waals surface area contributed by atoms with E-state index in [1.165, 1.54) is 0 Å². The Morgan fingerprint density at radius 2 is 1.89 bits per heavy atom. The van der Waals surface area contributed by atoms with Crippen LogP contribution in [0.5, 0.6) is 11.5 Å². The lowest BCUT2D eigenvalue weighted by Crippen LogP contribution is -2.18. The molecule has 0 aromatic heterocycles. The molecule has 0 amide bonds. The largest absolute Gasteiger partial charge is 0.493 e. The standard InChI is InChI=1S/C14H14O4/c1-15-10-6-4-5-8-9-7-11(18-12(8)10)14(17-3)13(9)16-2/h4-7,11H,1-3H3. The zero-order chi connectivity index (χ0) is 12.7. The minimum atomic E-state index is -0.233. The molecule has 2 aliphatic rings. The number of methoxy groups -OCH3 is 3. The van der Waals surface area contributed by atoms with Gasteiger partial charge in [0.15, 0.2) is 29.1 Å². The van der Waals surface area contributed by atoms with Crippen molar-refractivity contribution in [2.75, 3.05) is 21.3 Å². The smallest absolute Gasteiger partial charge is 0.183 e. The normalized spacial score (nSPS) is 19.9. The second-order valence-electron chi connectivity index (χ2n) is 4.06. The lowest BCUT2D eigenvalue weighted by Gasteiger charge is -2.21. The number of fused-ring (bicyclic) bond motifs is 3. The van der Waals surface area contributed by atoms with Crippen molar-refractivity contribution in [2.24, 2.45) is 0 Å². The fourth-order valence-corrected chi connectivity index (χ4v) is 2.42. The maximum atomic E-state index is 5.92. The van der Waals surface area contributed by atoms with Crippen molar-refractivity contribution in [2.45, 2.75) is 6.10 Å². The summed E-state index contributed by atoms with van der Waals surface area (Å²) in [5, 5.41) is 0. The summed E-state index contributed by atoms with van der Waals surface area (Å²) in [6, 6.07) is 5.79. The molecular weight excluding hydrogens is 232 g/mol. The Kier molecular flexibility index (Phi) is 2.44. The van der Waals surface area contributed by atoms with Crippen LogP contribution in [0.4, 0.5) is 0 Å². The Labute approximate surface area is 105 Å². The van der Waals surface area contributed by atoms with Crippen molar-refractivity contribution in [3.63, 3.8) is 0 Å². The summed E-state index contributed by atoms with van der Waals surface area (Å²) in [6.07, 6.45) is 1.77. The number of rotatable bonds is 3. The van der Waals surface area contributed by atoms with Gasteiger partial charge in [-0.15, -0.1) is 0 Å². The number of hydrogen-bond donors (Lipinski definition) is 0. The van der Waals surface area contributed by atoms with E-state index in [-0.39, 0.29) is 6.10 Å². The number of hydrogen-bond acceptors (Lipinski definition) is 4. The fraction of sp³-hybridized carbons (Fsp3) is 0.286. The third-order valence-corrected chi connectivity index (χ3v) is 3.20. The monoisotopic (exact) mass is 246 g/mol. The Bertz CT molecular complexity index is 557. The van der Waals surface area contributed by atoms with Crippen molar-refractivity contribution in [3.05, 3.63) is 41.4 Å². The molecule has 3 rings (SSSR count). The van der Waals surface area contributed by atoms with E-state index in [0.29, 0.717) is 5.76 Å². The molecule has 4 nitrogen and oxygen atoms in total. The molecule has 0 saturated heterocycles. The van der Waals surface area contributed by atoms with Crippen molar-refractivity contribution < 1.29 is 18.9 Å². The third kappa shape index (κ3) is 1.32. The molecule has 1 atom stereocenters. The van der Waals surface area contributed by atoms with Gasteiger partial charge < -0.3 is 18.9 Å². The third-order valence-electron chi connectivity index (χ3n) is 3.20. The number of allylic oxidation sites excluding steroid dienone is 1. The Balaban J connectivity index is 2.16.